The zero-order valence-corrected chi connectivity index (χ0v) is 10.8. The van der Waals surface area contributed by atoms with Crippen LogP contribution in [0.15, 0.2) is 18.6 Å². The minimum Gasteiger partial charge on any atom is -0.369 e. The summed E-state index contributed by atoms with van der Waals surface area (Å²) < 4.78 is 0. The number of hydrogen-bond acceptors (Lipinski definition) is 4. The highest BCUT2D eigenvalue weighted by atomic mass is 15.1. The summed E-state index contributed by atoms with van der Waals surface area (Å²) in [6, 6.07) is 2.00. The molecule has 3 heterocycles. The van der Waals surface area contributed by atoms with Gasteiger partial charge in [-0.05, 0) is 31.9 Å². The van der Waals surface area contributed by atoms with Gasteiger partial charge in [0.15, 0.2) is 0 Å². The highest BCUT2D eigenvalue weighted by molar-refractivity contribution is 5.86. The molecule has 0 spiro atoms. The molecule has 0 radical (unpaired) electrons. The van der Waals surface area contributed by atoms with E-state index in [0.29, 0.717) is 0 Å². The van der Waals surface area contributed by atoms with E-state index in [4.69, 9.17) is 0 Å². The zero-order valence-electron chi connectivity index (χ0n) is 10.8. The summed E-state index contributed by atoms with van der Waals surface area (Å²) >= 11 is 0. The third-order valence-electron chi connectivity index (χ3n) is 4.19. The third kappa shape index (κ3) is 1.84. The number of H-pyrrole nitrogens is 1. The van der Waals surface area contributed by atoms with Crippen LogP contribution in [0, 0.1) is 5.92 Å². The summed E-state index contributed by atoms with van der Waals surface area (Å²) in [5.74, 6) is 1.66. The standard InChI is InChI=1S/C13H19N5/c1-9-7-18-13(9,2)4-6-15-12-10-3-5-14-11(10)16-8-17-12/h3,5,8-9,18H,4,6-7H2,1-2H3,(H2,14,15,16,17)/t9-,13+/m0/s1. The first-order valence-corrected chi connectivity index (χ1v) is 6.46. The van der Waals surface area contributed by atoms with E-state index in [-0.39, 0.29) is 5.54 Å². The molecule has 1 saturated heterocycles. The Hall–Kier alpha value is -1.62. The van der Waals surface area contributed by atoms with Crippen LogP contribution in [0.4, 0.5) is 5.82 Å². The van der Waals surface area contributed by atoms with Crippen molar-refractivity contribution in [3.05, 3.63) is 18.6 Å². The molecule has 1 aliphatic heterocycles. The lowest BCUT2D eigenvalue weighted by atomic mass is 9.77. The summed E-state index contributed by atoms with van der Waals surface area (Å²) in [4.78, 5) is 11.6. The lowest BCUT2D eigenvalue weighted by Crippen LogP contribution is -2.62. The second-order valence-corrected chi connectivity index (χ2v) is 5.34. The van der Waals surface area contributed by atoms with Crippen molar-refractivity contribution in [1.82, 2.24) is 20.3 Å². The van der Waals surface area contributed by atoms with Crippen molar-refractivity contribution in [3.8, 4) is 0 Å². The molecule has 0 aliphatic carbocycles. The Labute approximate surface area is 106 Å². The van der Waals surface area contributed by atoms with Crippen LogP contribution in [-0.4, -0.2) is 33.6 Å². The van der Waals surface area contributed by atoms with E-state index in [9.17, 15) is 0 Å². The quantitative estimate of drug-likeness (QED) is 0.768. The van der Waals surface area contributed by atoms with Crippen LogP contribution in [0.2, 0.25) is 0 Å². The monoisotopic (exact) mass is 245 g/mol. The summed E-state index contributed by atoms with van der Waals surface area (Å²) in [5, 5.41) is 7.97. The Bertz CT molecular complexity index is 549. The topological polar surface area (TPSA) is 65.6 Å². The molecule has 1 aliphatic rings. The fraction of sp³-hybridized carbons (Fsp3) is 0.538. The average molecular weight is 245 g/mol. The smallest absolute Gasteiger partial charge is 0.142 e. The van der Waals surface area contributed by atoms with E-state index in [0.717, 1.165) is 42.3 Å². The number of hydrogen-bond donors (Lipinski definition) is 3. The fourth-order valence-electron chi connectivity index (χ4n) is 2.44. The van der Waals surface area contributed by atoms with E-state index in [1.165, 1.54) is 0 Å². The van der Waals surface area contributed by atoms with Crippen LogP contribution >= 0.6 is 0 Å². The summed E-state index contributed by atoms with van der Waals surface area (Å²) in [7, 11) is 0. The molecule has 5 heteroatoms. The predicted octanol–water partition coefficient (Wildman–Crippen LogP) is 1.76. The molecule has 3 rings (SSSR count). The van der Waals surface area contributed by atoms with Gasteiger partial charge in [-0.25, -0.2) is 9.97 Å². The van der Waals surface area contributed by atoms with Gasteiger partial charge in [-0.1, -0.05) is 6.92 Å². The highest BCUT2D eigenvalue weighted by Gasteiger charge is 2.38. The Kier molecular flexibility index (Phi) is 2.70. The van der Waals surface area contributed by atoms with Crippen molar-refractivity contribution in [2.75, 3.05) is 18.4 Å². The average Bonchev–Trinajstić information content (AvgIpc) is 2.86. The van der Waals surface area contributed by atoms with Gasteiger partial charge in [-0.15, -0.1) is 0 Å². The van der Waals surface area contributed by atoms with Gasteiger partial charge >= 0.3 is 0 Å². The van der Waals surface area contributed by atoms with Gasteiger partial charge in [0.1, 0.15) is 17.8 Å². The molecule has 0 saturated carbocycles. The number of aromatic nitrogens is 3. The van der Waals surface area contributed by atoms with E-state index in [1.54, 1.807) is 6.33 Å². The second-order valence-electron chi connectivity index (χ2n) is 5.34. The van der Waals surface area contributed by atoms with Crippen molar-refractivity contribution in [3.63, 3.8) is 0 Å². The molecular formula is C13H19N5. The molecule has 2 atom stereocenters. The molecule has 96 valence electrons. The predicted molar refractivity (Wildman–Crippen MR) is 72.6 cm³/mol. The first-order chi connectivity index (χ1) is 8.69. The first-order valence-electron chi connectivity index (χ1n) is 6.46. The van der Waals surface area contributed by atoms with Crippen LogP contribution in [-0.2, 0) is 0 Å². The van der Waals surface area contributed by atoms with Crippen LogP contribution in [0.1, 0.15) is 20.3 Å². The summed E-state index contributed by atoms with van der Waals surface area (Å²) in [5.41, 5.74) is 1.16. The lowest BCUT2D eigenvalue weighted by molar-refractivity contribution is 0.128. The normalized spacial score (nSPS) is 27.1. The Morgan fingerprint density at radius 3 is 3.11 bits per heavy atom. The molecule has 0 amide bonds. The van der Waals surface area contributed by atoms with Gasteiger partial charge in [-0.3, -0.25) is 0 Å². The van der Waals surface area contributed by atoms with Gasteiger partial charge < -0.3 is 15.6 Å². The summed E-state index contributed by atoms with van der Waals surface area (Å²) in [6.07, 6.45) is 4.58. The Morgan fingerprint density at radius 2 is 2.39 bits per heavy atom. The van der Waals surface area contributed by atoms with Gasteiger partial charge in [-0.2, -0.15) is 0 Å². The number of fused-ring (bicyclic) bond motifs is 1. The third-order valence-corrected chi connectivity index (χ3v) is 4.19. The van der Waals surface area contributed by atoms with E-state index < -0.39 is 0 Å². The Balaban J connectivity index is 1.65. The molecule has 0 bridgehead atoms. The number of nitrogens with one attached hydrogen (secondary N) is 3. The highest BCUT2D eigenvalue weighted by Crippen LogP contribution is 2.28. The lowest BCUT2D eigenvalue weighted by Gasteiger charge is -2.47. The molecule has 2 aromatic heterocycles. The number of anilines is 1. The fourth-order valence-corrected chi connectivity index (χ4v) is 2.44. The van der Waals surface area contributed by atoms with Gasteiger partial charge in [0.2, 0.25) is 0 Å². The molecule has 18 heavy (non-hydrogen) atoms. The van der Waals surface area contributed by atoms with E-state index in [2.05, 4.69) is 39.4 Å². The van der Waals surface area contributed by atoms with Gasteiger partial charge in [0, 0.05) is 18.3 Å². The SMILES string of the molecule is C[C@H]1CN[C@]1(C)CCNc1ncnc2[nH]ccc12. The molecule has 3 N–H and O–H groups in total. The molecular weight excluding hydrogens is 226 g/mol. The first kappa shape index (κ1) is 11.5. The summed E-state index contributed by atoms with van der Waals surface area (Å²) in [6.45, 7) is 6.64. The molecule has 1 fully saturated rings. The maximum absolute atomic E-state index is 4.30. The molecule has 0 aromatic carbocycles. The van der Waals surface area contributed by atoms with Crippen LogP contribution < -0.4 is 10.6 Å². The van der Waals surface area contributed by atoms with Crippen molar-refractivity contribution in [1.29, 1.82) is 0 Å². The van der Waals surface area contributed by atoms with Crippen LogP contribution in [0.3, 0.4) is 0 Å². The van der Waals surface area contributed by atoms with Crippen molar-refractivity contribution in [2.45, 2.75) is 25.8 Å². The minimum atomic E-state index is 0.275. The molecule has 0 unspecified atom stereocenters. The number of aromatic amines is 1. The van der Waals surface area contributed by atoms with Crippen LogP contribution in [0.5, 0.6) is 0 Å². The number of nitrogens with zero attached hydrogens (tertiary/aromatic N) is 2. The van der Waals surface area contributed by atoms with Crippen LogP contribution in [0.25, 0.3) is 11.0 Å². The minimum absolute atomic E-state index is 0.275. The Morgan fingerprint density at radius 1 is 1.50 bits per heavy atom. The van der Waals surface area contributed by atoms with Gasteiger partial charge in [0.25, 0.3) is 0 Å². The molecule has 5 nitrogen and oxygen atoms in total. The van der Waals surface area contributed by atoms with Crippen molar-refractivity contribution >= 4 is 16.9 Å². The van der Waals surface area contributed by atoms with E-state index >= 15 is 0 Å². The van der Waals surface area contributed by atoms with E-state index in [1.807, 2.05) is 12.3 Å². The zero-order chi connectivity index (χ0) is 12.6. The largest absolute Gasteiger partial charge is 0.369 e. The van der Waals surface area contributed by atoms with Crippen molar-refractivity contribution < 1.29 is 0 Å². The molecule has 2 aromatic rings. The second kappa shape index (κ2) is 4.24. The number of rotatable bonds is 4. The van der Waals surface area contributed by atoms with Gasteiger partial charge in [0.05, 0.1) is 5.39 Å². The maximum atomic E-state index is 4.30. The van der Waals surface area contributed by atoms with Crippen molar-refractivity contribution in [2.24, 2.45) is 5.92 Å². The maximum Gasteiger partial charge on any atom is 0.142 e.